The first-order chi connectivity index (χ1) is 11.2. The molecule has 1 aromatic carbocycles. The number of likely N-dealkylation sites (tertiary alicyclic amines) is 1. The van der Waals surface area contributed by atoms with Crippen molar-refractivity contribution in [2.75, 3.05) is 13.1 Å². The zero-order chi connectivity index (χ0) is 15.7. The molecule has 0 amide bonds. The molecule has 0 radical (unpaired) electrons. The van der Waals surface area contributed by atoms with Crippen molar-refractivity contribution in [3.63, 3.8) is 0 Å². The number of benzene rings is 1. The van der Waals surface area contributed by atoms with Gasteiger partial charge in [-0.1, -0.05) is 37.3 Å². The maximum atomic E-state index is 4.31. The molecule has 1 aliphatic carbocycles. The van der Waals surface area contributed by atoms with Crippen LogP contribution in [0.4, 0.5) is 0 Å². The molecule has 0 unspecified atom stereocenters. The van der Waals surface area contributed by atoms with Crippen molar-refractivity contribution >= 4 is 0 Å². The van der Waals surface area contributed by atoms with Crippen molar-refractivity contribution in [3.05, 3.63) is 48.5 Å². The van der Waals surface area contributed by atoms with E-state index >= 15 is 0 Å². The topological polar surface area (TPSA) is 34.0 Å². The Balaban J connectivity index is 1.38. The summed E-state index contributed by atoms with van der Waals surface area (Å²) in [6.07, 6.45) is 9.84. The third-order valence-electron chi connectivity index (χ3n) is 6.01. The molecule has 0 N–H and O–H groups in total. The summed E-state index contributed by atoms with van der Waals surface area (Å²) in [5.74, 6) is 0. The summed E-state index contributed by atoms with van der Waals surface area (Å²) in [6.45, 7) is 4.84. The van der Waals surface area contributed by atoms with Gasteiger partial charge < -0.3 is 4.90 Å². The number of nitrogens with zero attached hydrogens (tertiary/aromatic N) is 4. The number of hydrogen-bond acceptors (Lipinski definition) is 3. The van der Waals surface area contributed by atoms with Gasteiger partial charge in [0, 0.05) is 19.1 Å². The minimum atomic E-state index is 0.356. The van der Waals surface area contributed by atoms with Crippen LogP contribution in [0.3, 0.4) is 0 Å². The van der Waals surface area contributed by atoms with Crippen LogP contribution in [0.5, 0.6) is 0 Å². The zero-order valence-electron chi connectivity index (χ0n) is 13.9. The first-order valence-corrected chi connectivity index (χ1v) is 8.88. The fraction of sp³-hybridized carbons (Fsp3) is 0.579. The molecule has 122 valence electrons. The molecule has 1 saturated heterocycles. The number of aromatic nitrogens is 3. The number of piperidine rings is 1. The summed E-state index contributed by atoms with van der Waals surface area (Å²) < 4.78 is 2.04. The lowest BCUT2D eigenvalue weighted by molar-refractivity contribution is 0.129. The van der Waals surface area contributed by atoms with Crippen molar-refractivity contribution in [2.24, 2.45) is 0 Å². The molecule has 4 rings (SSSR count). The normalized spacial score (nSPS) is 29.9. The lowest BCUT2D eigenvalue weighted by atomic mass is 9.81. The minimum Gasteiger partial charge on any atom is -0.300 e. The second kappa shape index (κ2) is 6.08. The van der Waals surface area contributed by atoms with Crippen LogP contribution in [0.25, 0.3) is 0 Å². The van der Waals surface area contributed by atoms with E-state index in [1.54, 1.807) is 6.33 Å². The number of hydrogen-bond donors (Lipinski definition) is 0. The second-order valence-corrected chi connectivity index (χ2v) is 7.47. The molecule has 4 nitrogen and oxygen atoms in total. The fourth-order valence-corrected chi connectivity index (χ4v) is 4.55. The molecular formula is C19H26N4. The maximum absolute atomic E-state index is 4.31. The lowest BCUT2D eigenvalue weighted by Gasteiger charge is -2.36. The highest BCUT2D eigenvalue weighted by molar-refractivity contribution is 5.26. The predicted molar refractivity (Wildman–Crippen MR) is 91.3 cm³/mol. The van der Waals surface area contributed by atoms with Crippen LogP contribution in [0.2, 0.25) is 0 Å². The Morgan fingerprint density at radius 1 is 1.04 bits per heavy atom. The molecule has 0 bridgehead atoms. The van der Waals surface area contributed by atoms with Gasteiger partial charge in [-0.2, -0.15) is 5.10 Å². The van der Waals surface area contributed by atoms with E-state index in [0.717, 1.165) is 6.04 Å². The number of rotatable bonds is 3. The average molecular weight is 310 g/mol. The van der Waals surface area contributed by atoms with Crippen molar-refractivity contribution in [3.8, 4) is 0 Å². The third-order valence-corrected chi connectivity index (χ3v) is 6.01. The van der Waals surface area contributed by atoms with Crippen LogP contribution in [-0.4, -0.2) is 38.8 Å². The van der Waals surface area contributed by atoms with Crippen LogP contribution in [0.15, 0.2) is 43.0 Å². The Morgan fingerprint density at radius 3 is 2.52 bits per heavy atom. The molecule has 2 heterocycles. The van der Waals surface area contributed by atoms with E-state index in [2.05, 4.69) is 52.2 Å². The van der Waals surface area contributed by atoms with Gasteiger partial charge >= 0.3 is 0 Å². The summed E-state index contributed by atoms with van der Waals surface area (Å²) in [7, 11) is 0. The highest BCUT2D eigenvalue weighted by Crippen LogP contribution is 2.43. The highest BCUT2D eigenvalue weighted by atomic mass is 15.3. The van der Waals surface area contributed by atoms with Gasteiger partial charge in [0.2, 0.25) is 0 Å². The van der Waals surface area contributed by atoms with E-state index in [4.69, 9.17) is 0 Å². The minimum absolute atomic E-state index is 0.356. The van der Waals surface area contributed by atoms with E-state index in [1.807, 2.05) is 11.0 Å². The van der Waals surface area contributed by atoms with Crippen LogP contribution in [-0.2, 0) is 5.41 Å². The van der Waals surface area contributed by atoms with Crippen molar-refractivity contribution < 1.29 is 0 Å². The summed E-state index contributed by atoms with van der Waals surface area (Å²) in [4.78, 5) is 6.81. The smallest absolute Gasteiger partial charge is 0.137 e. The van der Waals surface area contributed by atoms with Gasteiger partial charge in [0.25, 0.3) is 0 Å². The average Bonchev–Trinajstić information content (AvgIpc) is 3.27. The van der Waals surface area contributed by atoms with Crippen LogP contribution in [0, 0.1) is 0 Å². The molecule has 1 aliphatic heterocycles. The van der Waals surface area contributed by atoms with Gasteiger partial charge in [-0.25, -0.2) is 9.67 Å². The molecule has 1 saturated carbocycles. The lowest BCUT2D eigenvalue weighted by Crippen LogP contribution is -2.41. The van der Waals surface area contributed by atoms with Crippen LogP contribution >= 0.6 is 0 Å². The van der Waals surface area contributed by atoms with Gasteiger partial charge in [0.1, 0.15) is 12.7 Å². The third kappa shape index (κ3) is 2.92. The van der Waals surface area contributed by atoms with E-state index in [9.17, 15) is 0 Å². The molecule has 2 aromatic rings. The molecule has 0 spiro atoms. The molecule has 23 heavy (non-hydrogen) atoms. The SMILES string of the molecule is C[C@@]1(c2ccccc2)CC[C@H](N2CCC(n3cncn3)CC2)C1. The Morgan fingerprint density at radius 2 is 1.83 bits per heavy atom. The molecule has 1 aromatic heterocycles. The first-order valence-electron chi connectivity index (χ1n) is 8.88. The molecular weight excluding hydrogens is 284 g/mol. The van der Waals surface area contributed by atoms with Gasteiger partial charge in [-0.3, -0.25) is 0 Å². The Kier molecular flexibility index (Phi) is 3.93. The summed E-state index contributed by atoms with van der Waals surface area (Å²) in [5, 5.41) is 4.31. The van der Waals surface area contributed by atoms with Gasteiger partial charge in [0.05, 0.1) is 6.04 Å². The monoisotopic (exact) mass is 310 g/mol. The quantitative estimate of drug-likeness (QED) is 0.871. The Bertz CT molecular complexity index is 616. The van der Waals surface area contributed by atoms with Crippen molar-refractivity contribution in [1.29, 1.82) is 0 Å². The summed E-state index contributed by atoms with van der Waals surface area (Å²) >= 11 is 0. The van der Waals surface area contributed by atoms with E-state index in [-0.39, 0.29) is 0 Å². The van der Waals surface area contributed by atoms with E-state index in [1.165, 1.54) is 50.8 Å². The van der Waals surface area contributed by atoms with Gasteiger partial charge in [-0.15, -0.1) is 0 Å². The van der Waals surface area contributed by atoms with Gasteiger partial charge in [0.15, 0.2) is 0 Å². The highest BCUT2D eigenvalue weighted by Gasteiger charge is 2.39. The standard InChI is InChI=1S/C19H26N4/c1-19(16-5-3-2-4-6-16)10-7-18(13-19)22-11-8-17(9-12-22)23-15-20-14-21-23/h2-6,14-15,17-18H,7-13H2,1H3/t18-,19+/m0/s1. The van der Waals surface area contributed by atoms with Crippen LogP contribution in [0.1, 0.15) is 50.6 Å². The molecule has 4 heteroatoms. The zero-order valence-corrected chi connectivity index (χ0v) is 13.9. The van der Waals surface area contributed by atoms with E-state index in [0.29, 0.717) is 11.5 Å². The Labute approximate surface area is 138 Å². The molecule has 2 aliphatic rings. The second-order valence-electron chi connectivity index (χ2n) is 7.47. The fourth-order valence-electron chi connectivity index (χ4n) is 4.55. The van der Waals surface area contributed by atoms with Crippen molar-refractivity contribution in [1.82, 2.24) is 19.7 Å². The molecule has 2 atom stereocenters. The Hall–Kier alpha value is -1.68. The summed E-state index contributed by atoms with van der Waals surface area (Å²) in [6, 6.07) is 12.4. The van der Waals surface area contributed by atoms with Crippen LogP contribution < -0.4 is 0 Å². The molecule has 2 fully saturated rings. The first kappa shape index (κ1) is 14.9. The van der Waals surface area contributed by atoms with Crippen molar-refractivity contribution in [2.45, 2.75) is 56.5 Å². The predicted octanol–water partition coefficient (Wildman–Crippen LogP) is 3.43. The van der Waals surface area contributed by atoms with Gasteiger partial charge in [-0.05, 0) is 43.1 Å². The summed E-state index contributed by atoms with van der Waals surface area (Å²) in [5.41, 5.74) is 1.87. The largest absolute Gasteiger partial charge is 0.300 e. The maximum Gasteiger partial charge on any atom is 0.137 e. The van der Waals surface area contributed by atoms with E-state index < -0.39 is 0 Å².